The Hall–Kier alpha value is -1.91. The molecule has 1 atom stereocenters. The van der Waals surface area contributed by atoms with E-state index in [2.05, 4.69) is 82.2 Å². The van der Waals surface area contributed by atoms with Gasteiger partial charge in [-0.15, -0.1) is 32.2 Å². The van der Waals surface area contributed by atoms with E-state index < -0.39 is 0 Å². The van der Waals surface area contributed by atoms with Gasteiger partial charge in [-0.1, -0.05) is 61.6 Å². The molecule has 0 bridgehead atoms. The second-order valence-corrected chi connectivity index (χ2v) is 10.6. The van der Waals surface area contributed by atoms with Crippen molar-refractivity contribution < 1.29 is 4.79 Å². The molecule has 0 aliphatic heterocycles. The maximum Gasteiger partial charge on any atom is 0.239 e. The van der Waals surface area contributed by atoms with E-state index in [0.29, 0.717) is 17.5 Å². The average molecular weight is 477 g/mol. The third-order valence-corrected chi connectivity index (χ3v) is 8.07. The lowest BCUT2D eigenvalue weighted by Crippen LogP contribution is -2.25. The summed E-state index contributed by atoms with van der Waals surface area (Å²) in [5.74, 6) is 1.85. The van der Waals surface area contributed by atoms with Crippen molar-refractivity contribution >= 4 is 45.9 Å². The van der Waals surface area contributed by atoms with Crippen LogP contribution >= 0.6 is 34.9 Å². The van der Waals surface area contributed by atoms with E-state index in [-0.39, 0.29) is 11.2 Å². The number of hydrogen-bond acceptors (Lipinski definition) is 8. The number of nitrogens with one attached hydrogen (secondary N) is 1. The highest BCUT2D eigenvalue weighted by Gasteiger charge is 2.23. The summed E-state index contributed by atoms with van der Waals surface area (Å²) in [6.45, 7) is 11.0. The van der Waals surface area contributed by atoms with Gasteiger partial charge in [0.2, 0.25) is 11.0 Å². The standard InChI is InChI=1S/C21H28N6OS3/c1-6-16(18(28)22-20-25-24-19(31-20)13(3)4)30-21-26-23-17(27(21)7-2)12-29-15-10-8-14(5)9-11-15/h8-11,13,16H,6-7,12H2,1-5H3,(H,22,25,28). The van der Waals surface area contributed by atoms with Gasteiger partial charge in [-0.25, -0.2) is 0 Å². The first-order valence-corrected chi connectivity index (χ1v) is 13.0. The number of anilines is 1. The largest absolute Gasteiger partial charge is 0.306 e. The molecule has 0 aliphatic carbocycles. The van der Waals surface area contributed by atoms with E-state index in [1.807, 2.05) is 6.92 Å². The van der Waals surface area contributed by atoms with Crippen molar-refractivity contribution in [2.24, 2.45) is 0 Å². The van der Waals surface area contributed by atoms with Crippen molar-refractivity contribution in [2.75, 3.05) is 5.32 Å². The molecular weight excluding hydrogens is 448 g/mol. The maximum atomic E-state index is 12.8. The van der Waals surface area contributed by atoms with Gasteiger partial charge in [0.1, 0.15) is 10.8 Å². The summed E-state index contributed by atoms with van der Waals surface area (Å²) in [6, 6.07) is 8.47. The molecular formula is C21H28N6OS3. The SMILES string of the molecule is CCC(Sc1nnc(CSc2ccc(C)cc2)n1CC)C(=O)Nc1nnc(C(C)C)s1. The molecule has 0 saturated heterocycles. The van der Waals surface area contributed by atoms with Gasteiger partial charge in [-0.3, -0.25) is 10.1 Å². The normalized spacial score (nSPS) is 12.3. The number of hydrogen-bond donors (Lipinski definition) is 1. The molecule has 0 saturated carbocycles. The first kappa shape index (κ1) is 23.7. The van der Waals surface area contributed by atoms with E-state index in [4.69, 9.17) is 0 Å². The van der Waals surface area contributed by atoms with Crippen molar-refractivity contribution in [1.82, 2.24) is 25.0 Å². The van der Waals surface area contributed by atoms with Gasteiger partial charge >= 0.3 is 0 Å². The molecule has 1 amide bonds. The van der Waals surface area contributed by atoms with Gasteiger partial charge in [0, 0.05) is 17.4 Å². The molecule has 1 aromatic carbocycles. The topological polar surface area (TPSA) is 85.6 Å². The summed E-state index contributed by atoms with van der Waals surface area (Å²) in [4.78, 5) is 14.0. The van der Waals surface area contributed by atoms with Crippen LogP contribution in [-0.4, -0.2) is 36.1 Å². The number of amides is 1. The Morgan fingerprint density at radius 1 is 1.13 bits per heavy atom. The minimum Gasteiger partial charge on any atom is -0.306 e. The molecule has 3 aromatic rings. The number of nitrogens with zero attached hydrogens (tertiary/aromatic N) is 5. The molecule has 1 unspecified atom stereocenters. The fraction of sp³-hybridized carbons (Fsp3) is 0.476. The molecule has 1 N–H and O–H groups in total. The van der Waals surface area contributed by atoms with Crippen molar-refractivity contribution in [3.8, 4) is 0 Å². The summed E-state index contributed by atoms with van der Waals surface area (Å²) in [5, 5.41) is 21.8. The van der Waals surface area contributed by atoms with Crippen LogP contribution in [-0.2, 0) is 17.1 Å². The van der Waals surface area contributed by atoms with E-state index in [9.17, 15) is 4.79 Å². The lowest BCUT2D eigenvalue weighted by molar-refractivity contribution is -0.115. The minimum absolute atomic E-state index is 0.0832. The summed E-state index contributed by atoms with van der Waals surface area (Å²) in [7, 11) is 0. The molecule has 7 nitrogen and oxygen atoms in total. The van der Waals surface area contributed by atoms with Crippen LogP contribution in [0.3, 0.4) is 0 Å². The van der Waals surface area contributed by atoms with E-state index >= 15 is 0 Å². The number of carbonyl (C=O) groups is 1. The second kappa shape index (κ2) is 11.1. The smallest absolute Gasteiger partial charge is 0.239 e. The number of carbonyl (C=O) groups excluding carboxylic acids is 1. The van der Waals surface area contributed by atoms with Crippen LogP contribution in [0, 0.1) is 6.92 Å². The molecule has 0 radical (unpaired) electrons. The van der Waals surface area contributed by atoms with Crippen LogP contribution in [0.2, 0.25) is 0 Å². The third-order valence-electron chi connectivity index (χ3n) is 4.57. The van der Waals surface area contributed by atoms with Gasteiger partial charge in [0.05, 0.1) is 11.0 Å². The Morgan fingerprint density at radius 2 is 1.87 bits per heavy atom. The fourth-order valence-corrected chi connectivity index (χ4v) is 5.39. The van der Waals surface area contributed by atoms with E-state index in [1.54, 1.807) is 11.8 Å². The molecule has 0 aliphatic rings. The lowest BCUT2D eigenvalue weighted by atomic mass is 10.2. The van der Waals surface area contributed by atoms with E-state index in [1.165, 1.54) is 33.6 Å². The zero-order chi connectivity index (χ0) is 22.4. The molecule has 31 heavy (non-hydrogen) atoms. The number of benzene rings is 1. The van der Waals surface area contributed by atoms with Crippen LogP contribution in [0.4, 0.5) is 5.13 Å². The number of rotatable bonds is 10. The Bertz CT molecular complexity index is 999. The zero-order valence-corrected chi connectivity index (χ0v) is 20.9. The Balaban J connectivity index is 1.65. The van der Waals surface area contributed by atoms with E-state index in [0.717, 1.165) is 28.3 Å². The highest BCUT2D eigenvalue weighted by Crippen LogP contribution is 2.29. The van der Waals surface area contributed by atoms with Crippen LogP contribution < -0.4 is 5.32 Å². The Kier molecular flexibility index (Phi) is 8.50. The molecule has 2 heterocycles. The van der Waals surface area contributed by atoms with Crippen molar-refractivity contribution in [3.05, 3.63) is 40.7 Å². The first-order valence-electron chi connectivity index (χ1n) is 10.3. The number of aryl methyl sites for hydroxylation is 1. The number of thioether (sulfide) groups is 2. The van der Waals surface area contributed by atoms with Crippen LogP contribution in [0.25, 0.3) is 0 Å². The Morgan fingerprint density at radius 3 is 2.48 bits per heavy atom. The lowest BCUT2D eigenvalue weighted by Gasteiger charge is -2.14. The van der Waals surface area contributed by atoms with Crippen molar-refractivity contribution in [2.45, 2.75) is 74.6 Å². The highest BCUT2D eigenvalue weighted by atomic mass is 32.2. The highest BCUT2D eigenvalue weighted by molar-refractivity contribution is 8.00. The maximum absolute atomic E-state index is 12.8. The summed E-state index contributed by atoms with van der Waals surface area (Å²) in [5.41, 5.74) is 1.25. The zero-order valence-electron chi connectivity index (χ0n) is 18.5. The molecule has 3 rings (SSSR count). The summed E-state index contributed by atoms with van der Waals surface area (Å²) >= 11 is 4.61. The summed E-state index contributed by atoms with van der Waals surface area (Å²) in [6.07, 6.45) is 0.677. The molecule has 0 spiro atoms. The van der Waals surface area contributed by atoms with Crippen LogP contribution in [0.5, 0.6) is 0 Å². The third kappa shape index (κ3) is 6.30. The monoisotopic (exact) mass is 476 g/mol. The number of aromatic nitrogens is 5. The molecule has 10 heteroatoms. The van der Waals surface area contributed by atoms with Gasteiger partial charge in [0.25, 0.3) is 0 Å². The van der Waals surface area contributed by atoms with Crippen molar-refractivity contribution in [3.63, 3.8) is 0 Å². The van der Waals surface area contributed by atoms with Crippen LogP contribution in [0.1, 0.15) is 56.4 Å². The van der Waals surface area contributed by atoms with Gasteiger partial charge in [-0.2, -0.15) is 0 Å². The van der Waals surface area contributed by atoms with Crippen molar-refractivity contribution in [1.29, 1.82) is 0 Å². The average Bonchev–Trinajstić information content (AvgIpc) is 3.38. The van der Waals surface area contributed by atoms with Gasteiger partial charge in [0.15, 0.2) is 5.16 Å². The fourth-order valence-electron chi connectivity index (χ4n) is 2.77. The molecule has 166 valence electrons. The van der Waals surface area contributed by atoms with Gasteiger partial charge < -0.3 is 4.57 Å². The minimum atomic E-state index is -0.279. The molecule has 0 fully saturated rings. The first-order chi connectivity index (χ1) is 14.9. The van der Waals surface area contributed by atoms with Crippen LogP contribution in [0.15, 0.2) is 34.3 Å². The van der Waals surface area contributed by atoms with Gasteiger partial charge in [-0.05, 0) is 32.4 Å². The summed E-state index contributed by atoms with van der Waals surface area (Å²) < 4.78 is 2.09. The predicted octanol–water partition coefficient (Wildman–Crippen LogP) is 5.38. The predicted molar refractivity (Wildman–Crippen MR) is 129 cm³/mol. The second-order valence-electron chi connectivity index (χ2n) is 7.35. The quantitative estimate of drug-likeness (QED) is 0.393. The molecule has 2 aromatic heterocycles. The Labute approximate surface area is 195 Å².